The summed E-state index contributed by atoms with van der Waals surface area (Å²) in [5.74, 6) is 0.675. The van der Waals surface area contributed by atoms with Crippen LogP contribution < -0.4 is 4.74 Å². The number of H-pyrrole nitrogens is 1. The molecule has 27 heavy (non-hydrogen) atoms. The average molecular weight is 367 g/mol. The molecule has 0 bridgehead atoms. The van der Waals surface area contributed by atoms with Gasteiger partial charge in [0.25, 0.3) is 5.91 Å². The van der Waals surface area contributed by atoms with Crippen LogP contribution in [-0.4, -0.2) is 44.9 Å². The van der Waals surface area contributed by atoms with Crippen molar-refractivity contribution < 1.29 is 9.53 Å². The molecule has 0 fully saturated rings. The Labute approximate surface area is 159 Å². The van der Waals surface area contributed by atoms with E-state index in [2.05, 4.69) is 22.2 Å². The summed E-state index contributed by atoms with van der Waals surface area (Å²) >= 11 is 0. The highest BCUT2D eigenvalue weighted by Gasteiger charge is 2.19. The molecule has 0 aliphatic heterocycles. The topological polar surface area (TPSA) is 76.0 Å². The first-order chi connectivity index (χ1) is 12.9. The Morgan fingerprint density at radius 2 is 1.96 bits per heavy atom. The quantitative estimate of drug-likeness (QED) is 0.726. The van der Waals surface area contributed by atoms with E-state index in [0.717, 1.165) is 40.5 Å². The van der Waals surface area contributed by atoms with E-state index in [9.17, 15) is 4.79 Å². The number of benzene rings is 1. The smallest absolute Gasteiger partial charge is 0.271 e. The Hall–Kier alpha value is -3.09. The fourth-order valence-corrected chi connectivity index (χ4v) is 3.13. The molecule has 142 valence electrons. The van der Waals surface area contributed by atoms with E-state index in [1.807, 2.05) is 42.8 Å². The van der Waals surface area contributed by atoms with Gasteiger partial charge in [-0.2, -0.15) is 10.2 Å². The maximum absolute atomic E-state index is 12.8. The summed E-state index contributed by atoms with van der Waals surface area (Å²) in [5.41, 5.74) is 5.24. The van der Waals surface area contributed by atoms with Crippen molar-refractivity contribution in [3.8, 4) is 17.0 Å². The third-order valence-electron chi connectivity index (χ3n) is 4.77. The molecule has 2 heterocycles. The first-order valence-electron chi connectivity index (χ1n) is 8.92. The van der Waals surface area contributed by atoms with E-state index in [1.165, 1.54) is 0 Å². The molecular weight excluding hydrogens is 342 g/mol. The van der Waals surface area contributed by atoms with Gasteiger partial charge < -0.3 is 9.64 Å². The number of hydrogen-bond acceptors (Lipinski definition) is 4. The predicted molar refractivity (Wildman–Crippen MR) is 104 cm³/mol. The second kappa shape index (κ2) is 7.65. The highest BCUT2D eigenvalue weighted by molar-refractivity contribution is 5.93. The average Bonchev–Trinajstić information content (AvgIpc) is 3.28. The Bertz CT molecular complexity index is 940. The summed E-state index contributed by atoms with van der Waals surface area (Å²) in [6.45, 7) is 7.40. The van der Waals surface area contributed by atoms with Crippen molar-refractivity contribution in [2.24, 2.45) is 0 Å². The van der Waals surface area contributed by atoms with Crippen LogP contribution >= 0.6 is 0 Å². The van der Waals surface area contributed by atoms with E-state index in [-0.39, 0.29) is 5.91 Å². The number of rotatable bonds is 6. The summed E-state index contributed by atoms with van der Waals surface area (Å²) in [6, 6.07) is 9.34. The number of aryl methyl sites for hydroxylation is 2. The molecule has 0 saturated heterocycles. The molecule has 1 N–H and O–H groups in total. The molecule has 7 heteroatoms. The molecule has 1 amide bonds. The van der Waals surface area contributed by atoms with Crippen LogP contribution in [0.15, 0.2) is 30.3 Å². The summed E-state index contributed by atoms with van der Waals surface area (Å²) < 4.78 is 7.13. The lowest BCUT2D eigenvalue weighted by Gasteiger charge is -2.16. The fraction of sp³-hybridized carbons (Fsp3) is 0.350. The Balaban J connectivity index is 1.76. The monoisotopic (exact) mass is 367 g/mol. The third-order valence-corrected chi connectivity index (χ3v) is 4.77. The van der Waals surface area contributed by atoms with Crippen molar-refractivity contribution in [2.75, 3.05) is 14.2 Å². The minimum absolute atomic E-state index is 0.106. The van der Waals surface area contributed by atoms with Gasteiger partial charge >= 0.3 is 0 Å². The van der Waals surface area contributed by atoms with E-state index in [4.69, 9.17) is 4.74 Å². The lowest BCUT2D eigenvalue weighted by molar-refractivity contribution is 0.0779. The van der Waals surface area contributed by atoms with Gasteiger partial charge in [0.2, 0.25) is 0 Å². The van der Waals surface area contributed by atoms with Crippen molar-refractivity contribution in [1.82, 2.24) is 24.9 Å². The standard InChI is InChI=1S/C20H25N5O2/c1-6-25-14(3)17(13(2)23-25)12-24(4)20(26)19-11-18(21-22-19)15-7-9-16(27-5)10-8-15/h7-11H,6,12H2,1-5H3,(H,21,22). The summed E-state index contributed by atoms with van der Waals surface area (Å²) in [7, 11) is 3.42. The molecule has 0 spiro atoms. The van der Waals surface area contributed by atoms with Crippen LogP contribution in [0, 0.1) is 13.8 Å². The van der Waals surface area contributed by atoms with Crippen LogP contribution in [0.4, 0.5) is 0 Å². The van der Waals surface area contributed by atoms with Crippen molar-refractivity contribution in [3.05, 3.63) is 53.0 Å². The zero-order chi connectivity index (χ0) is 19.6. The van der Waals surface area contributed by atoms with E-state index in [1.54, 1.807) is 25.1 Å². The van der Waals surface area contributed by atoms with Crippen LogP contribution in [0.5, 0.6) is 5.75 Å². The van der Waals surface area contributed by atoms with Crippen LogP contribution in [-0.2, 0) is 13.1 Å². The van der Waals surface area contributed by atoms with Crippen molar-refractivity contribution in [1.29, 1.82) is 0 Å². The van der Waals surface area contributed by atoms with Crippen LogP contribution in [0.25, 0.3) is 11.3 Å². The first-order valence-corrected chi connectivity index (χ1v) is 8.92. The molecule has 2 aromatic heterocycles. The van der Waals surface area contributed by atoms with Gasteiger partial charge in [0.1, 0.15) is 11.4 Å². The summed E-state index contributed by atoms with van der Waals surface area (Å²) in [5, 5.41) is 11.6. The van der Waals surface area contributed by atoms with Gasteiger partial charge in [0.05, 0.1) is 18.5 Å². The lowest BCUT2D eigenvalue weighted by Crippen LogP contribution is -2.27. The summed E-state index contributed by atoms with van der Waals surface area (Å²) in [4.78, 5) is 14.5. The number of hydrogen-bond donors (Lipinski definition) is 1. The second-order valence-corrected chi connectivity index (χ2v) is 6.52. The Kier molecular flexibility index (Phi) is 5.30. The number of amides is 1. The van der Waals surface area contributed by atoms with Crippen molar-refractivity contribution in [3.63, 3.8) is 0 Å². The molecule has 3 rings (SSSR count). The van der Waals surface area contributed by atoms with E-state index in [0.29, 0.717) is 12.2 Å². The highest BCUT2D eigenvalue weighted by atomic mass is 16.5. The molecule has 0 aliphatic carbocycles. The first kappa shape index (κ1) is 18.7. The molecule has 0 aliphatic rings. The maximum Gasteiger partial charge on any atom is 0.271 e. The number of nitrogens with zero attached hydrogens (tertiary/aromatic N) is 4. The van der Waals surface area contributed by atoms with Gasteiger partial charge in [0, 0.05) is 37.0 Å². The molecule has 0 unspecified atom stereocenters. The second-order valence-electron chi connectivity index (χ2n) is 6.52. The number of carbonyl (C=O) groups excluding carboxylic acids is 1. The number of nitrogens with one attached hydrogen (secondary N) is 1. The number of ether oxygens (including phenoxy) is 1. The van der Waals surface area contributed by atoms with Gasteiger partial charge in [-0.1, -0.05) is 0 Å². The maximum atomic E-state index is 12.8. The number of carbonyl (C=O) groups is 1. The van der Waals surface area contributed by atoms with Gasteiger partial charge in [-0.3, -0.25) is 14.6 Å². The highest BCUT2D eigenvalue weighted by Crippen LogP contribution is 2.22. The zero-order valence-electron chi connectivity index (χ0n) is 16.4. The van der Waals surface area contributed by atoms with Gasteiger partial charge in [-0.25, -0.2) is 0 Å². The number of aromatic nitrogens is 4. The van der Waals surface area contributed by atoms with E-state index >= 15 is 0 Å². The minimum atomic E-state index is -0.106. The van der Waals surface area contributed by atoms with Gasteiger partial charge in [0.15, 0.2) is 0 Å². The Morgan fingerprint density at radius 1 is 1.26 bits per heavy atom. The normalized spacial score (nSPS) is 10.9. The van der Waals surface area contributed by atoms with Gasteiger partial charge in [-0.15, -0.1) is 0 Å². The molecule has 0 atom stereocenters. The lowest BCUT2D eigenvalue weighted by atomic mass is 10.1. The molecular formula is C20H25N5O2. The molecule has 7 nitrogen and oxygen atoms in total. The minimum Gasteiger partial charge on any atom is -0.497 e. The summed E-state index contributed by atoms with van der Waals surface area (Å²) in [6.07, 6.45) is 0. The molecule has 3 aromatic rings. The fourth-order valence-electron chi connectivity index (χ4n) is 3.13. The molecule has 0 radical (unpaired) electrons. The number of methoxy groups -OCH3 is 1. The molecule has 0 saturated carbocycles. The number of aromatic amines is 1. The Morgan fingerprint density at radius 3 is 2.56 bits per heavy atom. The molecule has 1 aromatic carbocycles. The van der Waals surface area contributed by atoms with Crippen LogP contribution in [0.2, 0.25) is 0 Å². The van der Waals surface area contributed by atoms with Crippen molar-refractivity contribution >= 4 is 5.91 Å². The third kappa shape index (κ3) is 3.72. The zero-order valence-corrected chi connectivity index (χ0v) is 16.4. The SMILES string of the molecule is CCn1nc(C)c(CN(C)C(=O)c2cc(-c3ccc(OC)cc3)n[nH]2)c1C. The van der Waals surface area contributed by atoms with Crippen LogP contribution in [0.1, 0.15) is 34.4 Å². The van der Waals surface area contributed by atoms with Gasteiger partial charge in [-0.05, 0) is 51.1 Å². The largest absolute Gasteiger partial charge is 0.497 e. The predicted octanol–water partition coefficient (Wildman–Crippen LogP) is 3.19. The van der Waals surface area contributed by atoms with E-state index < -0.39 is 0 Å². The van der Waals surface area contributed by atoms with Crippen LogP contribution in [0.3, 0.4) is 0 Å². The van der Waals surface area contributed by atoms with Crippen molar-refractivity contribution in [2.45, 2.75) is 33.9 Å².